The van der Waals surface area contributed by atoms with E-state index in [9.17, 15) is 44.7 Å². The Labute approximate surface area is 881 Å². The predicted molar refractivity (Wildman–Crippen MR) is 501 cm³/mol. The van der Waals surface area contributed by atoms with Gasteiger partial charge in [0, 0.05) is 187 Å². The molecule has 0 aliphatic carbocycles. The number of halogens is 8. The molecule has 8 bridgehead atoms. The molecule has 3 radical (unpaired) electrons. The number of aromatic nitrogens is 11. The first-order chi connectivity index (χ1) is 64.1. The van der Waals surface area contributed by atoms with Crippen molar-refractivity contribution in [2.24, 2.45) is 0 Å². The third kappa shape index (κ3) is 32.2. The average Bonchev–Trinajstić information content (AvgIpc) is 1.67. The van der Waals surface area contributed by atoms with Crippen LogP contribution in [0, 0.1) is 76.9 Å². The number of carboxylic acids is 2. The van der Waals surface area contributed by atoms with Gasteiger partial charge in [-0.05, 0) is 169 Å². The number of rotatable bonds is 16. The van der Waals surface area contributed by atoms with Crippen molar-refractivity contribution in [2.75, 3.05) is 0 Å². The SMILES string of the molecule is CCC1=C(CC)c2cc3[n-]c(cc4nc(cc5[n-]c(cc1n2)c(CC)c5CC)C(CC)=C4CC)c(CC)c3CC.Fc1c[c-]c(-c2ccccn2)c(F)c1.Fc1c[c-]c(-c2ccccn2)c(F)c1.Fc1c[c-]c(-c2ccccn2)c(F)c1.Fc1ccc(-c2cc(F)c[c-]c2-c2ccccn2)cc1.O=C(O)c1ccccn1.O=C(O)c1ccccn1.[Ir].[Ir].[Ir].[Pt+2].[Pt].[Pt].[c-]1ccccc1-c1ccccn1. The number of benzene rings is 6. The number of aryl methyl sites for hydroxylation is 4. The van der Waals surface area contributed by atoms with E-state index in [1.807, 2.05) is 60.7 Å². The van der Waals surface area contributed by atoms with Gasteiger partial charge >= 0.3 is 33.0 Å². The monoisotopic (exact) mass is 2930 g/mol. The van der Waals surface area contributed by atoms with Crippen molar-refractivity contribution in [3.8, 4) is 67.4 Å². The molecule has 2 aliphatic rings. The van der Waals surface area contributed by atoms with Crippen molar-refractivity contribution in [3.63, 3.8) is 0 Å². The minimum Gasteiger partial charge on any atom is -0.657 e. The number of allylic oxidation sites excluding steroid dienone is 4. The largest absolute Gasteiger partial charge is 2.00 e. The second kappa shape index (κ2) is 59.6. The summed E-state index contributed by atoms with van der Waals surface area (Å²) in [4.78, 5) is 68.8. The van der Waals surface area contributed by atoms with Gasteiger partial charge in [-0.1, -0.05) is 233 Å². The Morgan fingerprint density at radius 2 is 0.572 bits per heavy atom. The number of pyridine rings is 7. The number of carbonyl (C=O) groups is 2. The Bertz CT molecular complexity index is 6270. The maximum absolute atomic E-state index is 13.5. The molecule has 12 heterocycles. The smallest absolute Gasteiger partial charge is 0.657 e. The Balaban J connectivity index is 0.000000294. The third-order valence-corrected chi connectivity index (χ3v) is 20.6. The Hall–Kier alpha value is -11.6. The summed E-state index contributed by atoms with van der Waals surface area (Å²) in [5.74, 6) is -6.55. The standard InChI is InChI=1S/C36H44N4.C17H10F2N.3C11H6F2N.C11H8N.2C6H5NO2.3Ir.3Pt/c1-9-21-22(10-2)30-18-32-25(13-5)26(14-6)34(39-32)20-36-28(16-8)27(15-7)35(40-36)19-33-24(12-4)23(11-3)31(38-33)17-29(21)37-30;18-13-6-4-12(5-7-13)16-11-14(19)8-9-15(16)17-3-1-2-10-20-17;3*12-8-4-5-9(10(13)7-8)11-3-1-2-6-14-11;1-2-6-10(7-3-1)11-8-4-5-9-12-11;2*8-6(9)5-3-1-2-4-7-5;;;;;;/h17-20H,9-16H2,1-8H3;1-8,10-11H;3*1-4,6-7H;1-6,8-9H;2*1-4H,(H,8,9);;;;;;/q-2;5*-1;;;;;;;;+2. The van der Waals surface area contributed by atoms with Crippen LogP contribution in [0.1, 0.15) is 147 Å². The van der Waals surface area contributed by atoms with Gasteiger partial charge in [-0.2, -0.15) is 0 Å². The van der Waals surface area contributed by atoms with Crippen LogP contribution in [-0.4, -0.2) is 67.0 Å². The zero-order chi connectivity index (χ0) is 94.0. The zero-order valence-corrected chi connectivity index (χ0v) is 89.5. The van der Waals surface area contributed by atoms with E-state index < -0.39 is 46.8 Å². The van der Waals surface area contributed by atoms with Crippen molar-refractivity contribution >= 4 is 56.3 Å². The molecular weight excluding hydrogens is 2840 g/mol. The summed E-state index contributed by atoms with van der Waals surface area (Å²) in [6, 6.07) is 80.9. The molecule has 0 unspecified atom stereocenters. The first kappa shape index (κ1) is 117. The summed E-state index contributed by atoms with van der Waals surface area (Å²) in [6.45, 7) is 17.9. The van der Waals surface area contributed by atoms with Crippen LogP contribution in [0.3, 0.4) is 0 Å². The fourth-order valence-corrected chi connectivity index (χ4v) is 14.5. The number of carboxylic acid groups (broad SMARTS) is 2. The zero-order valence-electron chi connectivity index (χ0n) is 75.5. The molecular formula is C109H90F8Ir3N11O4Pt3-5. The van der Waals surface area contributed by atoms with E-state index in [-0.39, 0.29) is 163 Å². The summed E-state index contributed by atoms with van der Waals surface area (Å²) in [6.07, 6.45) is 18.6. The van der Waals surface area contributed by atoms with Gasteiger partial charge in [-0.15, -0.1) is 118 Å². The van der Waals surface area contributed by atoms with Gasteiger partial charge in [0.25, 0.3) is 0 Å². The van der Waals surface area contributed by atoms with Crippen molar-refractivity contribution in [2.45, 2.75) is 107 Å². The van der Waals surface area contributed by atoms with Gasteiger partial charge < -0.3 is 45.1 Å². The number of aromatic carboxylic acids is 2. The number of hydrogen-bond donors (Lipinski definition) is 2. The first-order valence-electron chi connectivity index (χ1n) is 42.6. The van der Waals surface area contributed by atoms with E-state index in [0.717, 1.165) is 149 Å². The van der Waals surface area contributed by atoms with E-state index in [0.29, 0.717) is 33.9 Å². The van der Waals surface area contributed by atoms with Crippen LogP contribution in [0.5, 0.6) is 0 Å². The van der Waals surface area contributed by atoms with Crippen LogP contribution in [-0.2, 0) is 149 Å². The summed E-state index contributed by atoms with van der Waals surface area (Å²) < 4.78 is 104. The van der Waals surface area contributed by atoms with Crippen LogP contribution in [0.15, 0.2) is 292 Å². The molecule has 0 atom stereocenters. The first-order valence-corrected chi connectivity index (χ1v) is 42.6. The van der Waals surface area contributed by atoms with Crippen molar-refractivity contribution in [1.82, 2.24) is 54.8 Å². The van der Waals surface area contributed by atoms with Crippen LogP contribution in [0.4, 0.5) is 35.1 Å². The molecule has 723 valence electrons. The van der Waals surface area contributed by atoms with Crippen LogP contribution in [0.25, 0.3) is 112 Å². The van der Waals surface area contributed by atoms with Crippen LogP contribution in [0.2, 0.25) is 0 Å². The van der Waals surface area contributed by atoms with E-state index in [1.54, 1.807) is 122 Å². The van der Waals surface area contributed by atoms with E-state index in [4.69, 9.17) is 30.1 Å². The molecule has 18 rings (SSSR count). The molecule has 0 amide bonds. The van der Waals surface area contributed by atoms with Crippen molar-refractivity contribution < 1.29 is 178 Å². The number of hydrogen-bond acceptors (Lipinski definition) is 11. The summed E-state index contributed by atoms with van der Waals surface area (Å²) in [5.41, 5.74) is 26.0. The molecule has 6 aromatic carbocycles. The third-order valence-electron chi connectivity index (χ3n) is 20.6. The minimum absolute atomic E-state index is 0. The second-order valence-corrected chi connectivity index (χ2v) is 28.9. The molecule has 16 aromatic rings. The Morgan fingerprint density at radius 1 is 0.297 bits per heavy atom. The van der Waals surface area contributed by atoms with Crippen LogP contribution >= 0.6 is 0 Å². The van der Waals surface area contributed by atoms with Gasteiger partial charge in [-0.3, -0.25) is 30.7 Å². The van der Waals surface area contributed by atoms with Gasteiger partial charge in [0.2, 0.25) is 0 Å². The van der Waals surface area contributed by atoms with Gasteiger partial charge in [0.05, 0.1) is 22.8 Å². The van der Waals surface area contributed by atoms with Gasteiger partial charge in [0.1, 0.15) is 17.2 Å². The Morgan fingerprint density at radius 3 is 0.819 bits per heavy atom. The molecule has 10 aromatic heterocycles. The van der Waals surface area contributed by atoms with Crippen molar-refractivity contribution in [3.05, 3.63) is 425 Å². The number of fused-ring (bicyclic) bond motifs is 8. The average molecular weight is 2930 g/mol. The molecule has 29 heteroatoms. The van der Waals surface area contributed by atoms with Crippen LogP contribution < -0.4 is 9.97 Å². The maximum atomic E-state index is 13.5. The second-order valence-electron chi connectivity index (χ2n) is 28.9. The van der Waals surface area contributed by atoms with E-state index >= 15 is 0 Å². The topological polar surface area (TPSA) is 219 Å². The predicted octanol–water partition coefficient (Wildman–Crippen LogP) is 26.4. The molecule has 15 nitrogen and oxygen atoms in total. The normalized spacial score (nSPS) is 10.6. The fraction of sp³-hybridized carbons (Fsp3) is 0.147. The quantitative estimate of drug-likeness (QED) is 0.0679. The molecule has 138 heavy (non-hydrogen) atoms. The van der Waals surface area contributed by atoms with Gasteiger partial charge in [-0.25, -0.2) is 33.9 Å². The molecule has 2 aliphatic heterocycles. The number of nitrogens with zero attached hydrogens (tertiary/aromatic N) is 11. The summed E-state index contributed by atoms with van der Waals surface area (Å²) >= 11 is 0. The molecule has 0 saturated heterocycles. The molecule has 0 saturated carbocycles. The van der Waals surface area contributed by atoms with E-state index in [1.165, 1.54) is 93.3 Å². The Kier molecular flexibility index (Phi) is 50.5. The summed E-state index contributed by atoms with van der Waals surface area (Å²) in [7, 11) is 0. The van der Waals surface area contributed by atoms with Crippen molar-refractivity contribution in [1.29, 1.82) is 0 Å². The maximum Gasteiger partial charge on any atom is 2.00 e. The van der Waals surface area contributed by atoms with Gasteiger partial charge in [0.15, 0.2) is 0 Å². The molecule has 2 N–H and O–H groups in total. The minimum atomic E-state index is -0.990. The van der Waals surface area contributed by atoms with E-state index in [2.05, 4.69) is 145 Å². The molecule has 0 spiro atoms. The summed E-state index contributed by atoms with van der Waals surface area (Å²) in [5, 5.41) is 16.6. The fourth-order valence-electron chi connectivity index (χ4n) is 14.5. The molecule has 0 fully saturated rings.